The van der Waals surface area contributed by atoms with Gasteiger partial charge in [0.1, 0.15) is 0 Å². The Hall–Kier alpha value is -0.0800. The van der Waals surface area contributed by atoms with Crippen molar-refractivity contribution in [1.82, 2.24) is 4.90 Å². The normalized spacial score (nSPS) is 17.0. The van der Waals surface area contributed by atoms with Gasteiger partial charge in [-0.3, -0.25) is 0 Å². The minimum atomic E-state index is -0.552. The highest BCUT2D eigenvalue weighted by Gasteiger charge is 2.25. The average molecular weight is 173 g/mol. The van der Waals surface area contributed by atoms with Gasteiger partial charge < -0.3 is 10.0 Å². The fourth-order valence-corrected chi connectivity index (χ4v) is 1.19. The maximum Gasteiger partial charge on any atom is 0.0768 e. The maximum atomic E-state index is 9.95. The number of rotatable bonds is 5. The third kappa shape index (κ3) is 4.07. The highest BCUT2D eigenvalue weighted by molar-refractivity contribution is 4.79. The summed E-state index contributed by atoms with van der Waals surface area (Å²) in [6, 6.07) is 0. The third-order valence-electron chi connectivity index (χ3n) is 2.44. The molecule has 0 aromatic heterocycles. The number of hydrogen-bond donors (Lipinski definition) is 1. The first-order chi connectivity index (χ1) is 5.40. The largest absolute Gasteiger partial charge is 0.389 e. The van der Waals surface area contributed by atoms with Gasteiger partial charge in [-0.05, 0) is 32.9 Å². The molecule has 12 heavy (non-hydrogen) atoms. The molecule has 0 aromatic rings. The van der Waals surface area contributed by atoms with Gasteiger partial charge in [-0.15, -0.1) is 0 Å². The number of hydrogen-bond acceptors (Lipinski definition) is 2. The minimum Gasteiger partial charge on any atom is -0.389 e. The molecule has 1 unspecified atom stereocenters. The lowest BCUT2D eigenvalue weighted by Gasteiger charge is -2.32. The van der Waals surface area contributed by atoms with Crippen molar-refractivity contribution >= 4 is 0 Å². The molecule has 0 radical (unpaired) electrons. The standard InChI is InChI=1S/C10H23NO/c1-6-7-11(5)8-10(4,12)9(2)3/h9,12H,6-8H2,1-5H3. The summed E-state index contributed by atoms with van der Waals surface area (Å²) in [5.74, 6) is 0.316. The minimum absolute atomic E-state index is 0.316. The Kier molecular flexibility index (Phi) is 4.80. The molecule has 1 N–H and O–H groups in total. The van der Waals surface area contributed by atoms with E-state index in [9.17, 15) is 5.11 Å². The van der Waals surface area contributed by atoms with Crippen molar-refractivity contribution in [2.75, 3.05) is 20.1 Å². The van der Waals surface area contributed by atoms with Crippen molar-refractivity contribution in [2.45, 2.75) is 39.7 Å². The number of nitrogens with zero attached hydrogens (tertiary/aromatic N) is 1. The second-order valence-electron chi connectivity index (χ2n) is 4.25. The van der Waals surface area contributed by atoms with Gasteiger partial charge >= 0.3 is 0 Å². The molecular formula is C10H23NO. The van der Waals surface area contributed by atoms with Gasteiger partial charge in [0, 0.05) is 6.54 Å². The van der Waals surface area contributed by atoms with Crippen LogP contribution in [0.2, 0.25) is 0 Å². The number of aliphatic hydroxyl groups is 1. The zero-order valence-electron chi connectivity index (χ0n) is 9.09. The van der Waals surface area contributed by atoms with Crippen LogP contribution in [0.25, 0.3) is 0 Å². The first-order valence-corrected chi connectivity index (χ1v) is 4.81. The van der Waals surface area contributed by atoms with Gasteiger partial charge in [-0.1, -0.05) is 20.8 Å². The van der Waals surface area contributed by atoms with Crippen LogP contribution < -0.4 is 0 Å². The first kappa shape index (κ1) is 11.9. The fraction of sp³-hybridized carbons (Fsp3) is 1.00. The molecule has 0 fully saturated rings. The lowest BCUT2D eigenvalue weighted by molar-refractivity contribution is -0.0129. The predicted molar refractivity (Wildman–Crippen MR) is 53.2 cm³/mol. The Balaban J connectivity index is 3.88. The van der Waals surface area contributed by atoms with Crippen LogP contribution in [-0.2, 0) is 0 Å². The fourth-order valence-electron chi connectivity index (χ4n) is 1.19. The zero-order valence-corrected chi connectivity index (χ0v) is 9.09. The monoisotopic (exact) mass is 173 g/mol. The van der Waals surface area contributed by atoms with Gasteiger partial charge in [0.25, 0.3) is 0 Å². The molecule has 0 aliphatic heterocycles. The van der Waals surface area contributed by atoms with Crippen LogP contribution in [0.3, 0.4) is 0 Å². The van der Waals surface area contributed by atoms with E-state index < -0.39 is 5.60 Å². The molecule has 0 aromatic carbocycles. The molecule has 0 amide bonds. The molecule has 0 aliphatic rings. The first-order valence-electron chi connectivity index (χ1n) is 4.81. The van der Waals surface area contributed by atoms with Gasteiger partial charge in [0.2, 0.25) is 0 Å². The second-order valence-corrected chi connectivity index (χ2v) is 4.25. The lowest BCUT2D eigenvalue weighted by atomic mass is 9.92. The van der Waals surface area contributed by atoms with Crippen molar-refractivity contribution in [1.29, 1.82) is 0 Å². The molecule has 1 atom stereocenters. The van der Waals surface area contributed by atoms with Crippen molar-refractivity contribution in [3.63, 3.8) is 0 Å². The van der Waals surface area contributed by atoms with Crippen LogP contribution in [0.4, 0.5) is 0 Å². The van der Waals surface area contributed by atoms with E-state index >= 15 is 0 Å². The van der Waals surface area contributed by atoms with Crippen LogP contribution in [0, 0.1) is 5.92 Å². The number of likely N-dealkylation sites (N-methyl/N-ethyl adjacent to an activating group) is 1. The van der Waals surface area contributed by atoms with Crippen LogP contribution in [0.1, 0.15) is 34.1 Å². The van der Waals surface area contributed by atoms with Crippen molar-refractivity contribution < 1.29 is 5.11 Å². The molecule has 2 nitrogen and oxygen atoms in total. The van der Waals surface area contributed by atoms with Crippen molar-refractivity contribution in [2.24, 2.45) is 5.92 Å². The molecule has 0 aliphatic carbocycles. The van der Waals surface area contributed by atoms with E-state index in [2.05, 4.69) is 32.7 Å². The molecule has 0 saturated heterocycles. The van der Waals surface area contributed by atoms with Crippen LogP contribution in [0.15, 0.2) is 0 Å². The van der Waals surface area contributed by atoms with E-state index in [1.807, 2.05) is 6.92 Å². The Labute approximate surface area is 76.6 Å². The van der Waals surface area contributed by atoms with E-state index in [1.165, 1.54) is 0 Å². The van der Waals surface area contributed by atoms with E-state index in [0.717, 1.165) is 19.5 Å². The topological polar surface area (TPSA) is 23.5 Å². The van der Waals surface area contributed by atoms with E-state index in [4.69, 9.17) is 0 Å². The van der Waals surface area contributed by atoms with Gasteiger partial charge in [0.05, 0.1) is 5.60 Å². The smallest absolute Gasteiger partial charge is 0.0768 e. The van der Waals surface area contributed by atoms with Crippen molar-refractivity contribution in [3.8, 4) is 0 Å². The Morgan fingerprint density at radius 1 is 1.42 bits per heavy atom. The highest BCUT2D eigenvalue weighted by Crippen LogP contribution is 2.16. The van der Waals surface area contributed by atoms with E-state index in [1.54, 1.807) is 0 Å². The third-order valence-corrected chi connectivity index (χ3v) is 2.44. The summed E-state index contributed by atoms with van der Waals surface area (Å²) < 4.78 is 0. The summed E-state index contributed by atoms with van der Waals surface area (Å²) in [6.07, 6.45) is 1.14. The summed E-state index contributed by atoms with van der Waals surface area (Å²) in [7, 11) is 2.06. The molecule has 0 spiro atoms. The summed E-state index contributed by atoms with van der Waals surface area (Å²) in [5.41, 5.74) is -0.552. The summed E-state index contributed by atoms with van der Waals surface area (Å²) in [5, 5.41) is 9.95. The van der Waals surface area contributed by atoms with Crippen LogP contribution in [-0.4, -0.2) is 35.7 Å². The zero-order chi connectivity index (χ0) is 9.78. The van der Waals surface area contributed by atoms with Gasteiger partial charge in [-0.2, -0.15) is 0 Å². The summed E-state index contributed by atoms with van der Waals surface area (Å²) >= 11 is 0. The quantitative estimate of drug-likeness (QED) is 0.684. The predicted octanol–water partition coefficient (Wildman–Crippen LogP) is 1.74. The maximum absolute atomic E-state index is 9.95. The molecule has 0 bridgehead atoms. The Morgan fingerprint density at radius 2 is 1.92 bits per heavy atom. The van der Waals surface area contributed by atoms with Crippen LogP contribution in [0.5, 0.6) is 0 Å². The summed E-state index contributed by atoms with van der Waals surface area (Å²) in [6.45, 7) is 9.99. The SMILES string of the molecule is CCCN(C)CC(C)(O)C(C)C. The van der Waals surface area contributed by atoms with E-state index in [0.29, 0.717) is 5.92 Å². The van der Waals surface area contributed by atoms with Gasteiger partial charge in [0.15, 0.2) is 0 Å². The second kappa shape index (κ2) is 4.83. The van der Waals surface area contributed by atoms with Gasteiger partial charge in [-0.25, -0.2) is 0 Å². The molecule has 2 heteroatoms. The Bertz CT molecular complexity index is 121. The summed E-state index contributed by atoms with van der Waals surface area (Å²) in [4.78, 5) is 2.18. The molecule has 0 saturated carbocycles. The average Bonchev–Trinajstić information content (AvgIpc) is 1.85. The highest BCUT2D eigenvalue weighted by atomic mass is 16.3. The lowest BCUT2D eigenvalue weighted by Crippen LogP contribution is -2.43. The molecule has 0 heterocycles. The van der Waals surface area contributed by atoms with Crippen LogP contribution >= 0.6 is 0 Å². The molecular weight excluding hydrogens is 150 g/mol. The van der Waals surface area contributed by atoms with E-state index in [-0.39, 0.29) is 0 Å². The molecule has 0 rings (SSSR count). The molecule has 74 valence electrons. The Morgan fingerprint density at radius 3 is 2.25 bits per heavy atom. The van der Waals surface area contributed by atoms with Crippen molar-refractivity contribution in [3.05, 3.63) is 0 Å².